The largest absolute Gasteiger partial charge is 0.391 e. The average molecular weight is 223 g/mol. The maximum Gasteiger partial charge on any atom is 0.215 e. The molecule has 0 bridgehead atoms. The van der Waals surface area contributed by atoms with Gasteiger partial charge in [-0.25, -0.2) is 13.1 Å². The fourth-order valence-corrected chi connectivity index (χ4v) is 1.73. The lowest BCUT2D eigenvalue weighted by molar-refractivity contribution is 0.0603. The van der Waals surface area contributed by atoms with Gasteiger partial charge in [0.25, 0.3) is 0 Å². The van der Waals surface area contributed by atoms with Crippen molar-refractivity contribution in [3.8, 4) is 0 Å². The van der Waals surface area contributed by atoms with Crippen molar-refractivity contribution in [2.75, 3.05) is 26.0 Å². The SMILES string of the molecule is C=CCS(=O)(=O)NCCC(O)COC. The summed E-state index contributed by atoms with van der Waals surface area (Å²) in [4.78, 5) is 0. The van der Waals surface area contributed by atoms with Gasteiger partial charge in [0.2, 0.25) is 10.0 Å². The molecule has 0 rings (SSSR count). The highest BCUT2D eigenvalue weighted by Crippen LogP contribution is 1.92. The summed E-state index contributed by atoms with van der Waals surface area (Å²) in [7, 11) is -1.78. The van der Waals surface area contributed by atoms with Crippen LogP contribution in [-0.2, 0) is 14.8 Å². The molecule has 0 aromatic heterocycles. The third kappa shape index (κ3) is 7.02. The van der Waals surface area contributed by atoms with Crippen LogP contribution in [0.4, 0.5) is 0 Å². The van der Waals surface area contributed by atoms with Crippen molar-refractivity contribution in [1.29, 1.82) is 0 Å². The van der Waals surface area contributed by atoms with E-state index in [1.165, 1.54) is 13.2 Å². The van der Waals surface area contributed by atoms with Gasteiger partial charge >= 0.3 is 0 Å². The van der Waals surface area contributed by atoms with Crippen LogP contribution in [0, 0.1) is 0 Å². The molecule has 0 aromatic carbocycles. The van der Waals surface area contributed by atoms with E-state index in [1.807, 2.05) is 0 Å². The van der Waals surface area contributed by atoms with Crippen molar-refractivity contribution in [1.82, 2.24) is 4.72 Å². The highest BCUT2D eigenvalue weighted by molar-refractivity contribution is 7.89. The monoisotopic (exact) mass is 223 g/mol. The number of aliphatic hydroxyl groups excluding tert-OH is 1. The first-order chi connectivity index (χ1) is 6.52. The van der Waals surface area contributed by atoms with Gasteiger partial charge in [0.05, 0.1) is 18.5 Å². The van der Waals surface area contributed by atoms with Crippen molar-refractivity contribution in [3.63, 3.8) is 0 Å². The quantitative estimate of drug-likeness (QED) is 0.543. The zero-order valence-corrected chi connectivity index (χ0v) is 9.09. The average Bonchev–Trinajstić information content (AvgIpc) is 2.03. The van der Waals surface area contributed by atoms with Crippen LogP contribution in [0.2, 0.25) is 0 Å². The van der Waals surface area contributed by atoms with E-state index in [2.05, 4.69) is 11.3 Å². The molecule has 0 aliphatic heterocycles. The van der Waals surface area contributed by atoms with E-state index in [0.29, 0.717) is 6.42 Å². The lowest BCUT2D eigenvalue weighted by atomic mass is 10.3. The number of methoxy groups -OCH3 is 1. The molecule has 0 aliphatic rings. The molecule has 1 unspecified atom stereocenters. The molecular weight excluding hydrogens is 206 g/mol. The molecule has 6 heteroatoms. The molecule has 0 radical (unpaired) electrons. The van der Waals surface area contributed by atoms with E-state index in [0.717, 1.165) is 0 Å². The first-order valence-corrected chi connectivity index (χ1v) is 5.92. The third-order valence-corrected chi connectivity index (χ3v) is 2.81. The topological polar surface area (TPSA) is 75.6 Å². The Kier molecular flexibility index (Phi) is 6.73. The third-order valence-electron chi connectivity index (χ3n) is 1.50. The minimum atomic E-state index is -3.26. The summed E-state index contributed by atoms with van der Waals surface area (Å²) in [5, 5.41) is 9.20. The van der Waals surface area contributed by atoms with Crippen LogP contribution < -0.4 is 4.72 Å². The molecular formula is C8H17NO4S. The van der Waals surface area contributed by atoms with Crippen molar-refractivity contribution in [3.05, 3.63) is 12.7 Å². The zero-order chi connectivity index (χ0) is 11.0. The van der Waals surface area contributed by atoms with Crippen LogP contribution in [0.3, 0.4) is 0 Å². The van der Waals surface area contributed by atoms with Crippen LogP contribution in [0.25, 0.3) is 0 Å². The fourth-order valence-electron chi connectivity index (χ4n) is 0.871. The minimum Gasteiger partial charge on any atom is -0.391 e. The lowest BCUT2D eigenvalue weighted by Crippen LogP contribution is -2.29. The smallest absolute Gasteiger partial charge is 0.215 e. The number of hydrogen-bond donors (Lipinski definition) is 2. The minimum absolute atomic E-state index is 0.104. The van der Waals surface area contributed by atoms with Gasteiger partial charge in [-0.15, -0.1) is 6.58 Å². The standard InChI is InChI=1S/C8H17NO4S/c1-3-6-14(11,12)9-5-4-8(10)7-13-2/h3,8-10H,1,4-7H2,2H3. The molecule has 0 heterocycles. The zero-order valence-electron chi connectivity index (χ0n) is 8.27. The van der Waals surface area contributed by atoms with Gasteiger partial charge in [-0.2, -0.15) is 0 Å². The van der Waals surface area contributed by atoms with Crippen molar-refractivity contribution in [2.45, 2.75) is 12.5 Å². The Hall–Kier alpha value is -0.430. The molecule has 2 N–H and O–H groups in total. The molecule has 14 heavy (non-hydrogen) atoms. The molecule has 0 aromatic rings. The second-order valence-corrected chi connectivity index (χ2v) is 4.71. The summed E-state index contributed by atoms with van der Waals surface area (Å²) in [6.07, 6.45) is 1.02. The Morgan fingerprint density at radius 1 is 1.64 bits per heavy atom. The van der Waals surface area contributed by atoms with E-state index >= 15 is 0 Å². The maximum absolute atomic E-state index is 11.1. The Labute approximate surface area is 84.8 Å². The molecule has 5 nitrogen and oxygen atoms in total. The van der Waals surface area contributed by atoms with Crippen LogP contribution in [0.5, 0.6) is 0 Å². The Balaban J connectivity index is 3.68. The first kappa shape index (κ1) is 13.6. The van der Waals surface area contributed by atoms with Gasteiger partial charge in [0, 0.05) is 13.7 Å². The van der Waals surface area contributed by atoms with E-state index in [1.54, 1.807) is 0 Å². The molecule has 84 valence electrons. The summed E-state index contributed by atoms with van der Waals surface area (Å²) >= 11 is 0. The van der Waals surface area contributed by atoms with Gasteiger partial charge < -0.3 is 9.84 Å². The molecule has 0 spiro atoms. The summed E-state index contributed by atoms with van der Waals surface area (Å²) < 4.78 is 29.2. The number of sulfonamides is 1. The van der Waals surface area contributed by atoms with E-state index in [-0.39, 0.29) is 18.9 Å². The molecule has 0 amide bonds. The number of hydrogen-bond acceptors (Lipinski definition) is 4. The number of rotatable bonds is 8. The van der Waals surface area contributed by atoms with E-state index < -0.39 is 16.1 Å². The Morgan fingerprint density at radius 2 is 2.29 bits per heavy atom. The van der Waals surface area contributed by atoms with E-state index in [4.69, 9.17) is 4.74 Å². The van der Waals surface area contributed by atoms with Crippen LogP contribution in [0.1, 0.15) is 6.42 Å². The van der Waals surface area contributed by atoms with Crippen molar-refractivity contribution in [2.24, 2.45) is 0 Å². The number of ether oxygens (including phenoxy) is 1. The normalized spacial score (nSPS) is 13.9. The molecule has 0 saturated heterocycles. The van der Waals surface area contributed by atoms with Gasteiger partial charge in [-0.3, -0.25) is 0 Å². The number of aliphatic hydroxyl groups is 1. The highest BCUT2D eigenvalue weighted by atomic mass is 32.2. The number of nitrogens with one attached hydrogen (secondary N) is 1. The molecule has 1 atom stereocenters. The second-order valence-electron chi connectivity index (χ2n) is 2.86. The maximum atomic E-state index is 11.1. The van der Waals surface area contributed by atoms with Crippen LogP contribution in [0.15, 0.2) is 12.7 Å². The van der Waals surface area contributed by atoms with Gasteiger partial charge in [-0.05, 0) is 6.42 Å². The summed E-state index contributed by atoms with van der Waals surface area (Å²) in [6.45, 7) is 3.75. The van der Waals surface area contributed by atoms with Crippen LogP contribution >= 0.6 is 0 Å². The Morgan fingerprint density at radius 3 is 2.79 bits per heavy atom. The van der Waals surface area contributed by atoms with Gasteiger partial charge in [-0.1, -0.05) is 6.08 Å². The van der Waals surface area contributed by atoms with Crippen molar-refractivity contribution >= 4 is 10.0 Å². The Bertz CT molecular complexity index is 250. The van der Waals surface area contributed by atoms with E-state index in [9.17, 15) is 13.5 Å². The first-order valence-electron chi connectivity index (χ1n) is 4.27. The van der Waals surface area contributed by atoms with Crippen molar-refractivity contribution < 1.29 is 18.3 Å². The van der Waals surface area contributed by atoms with Crippen LogP contribution in [-0.4, -0.2) is 45.6 Å². The van der Waals surface area contributed by atoms with Gasteiger partial charge in [0.1, 0.15) is 0 Å². The highest BCUT2D eigenvalue weighted by Gasteiger charge is 2.08. The van der Waals surface area contributed by atoms with Gasteiger partial charge in [0.15, 0.2) is 0 Å². The summed E-state index contributed by atoms with van der Waals surface area (Å²) in [5.74, 6) is -0.104. The lowest BCUT2D eigenvalue weighted by Gasteiger charge is -2.09. The predicted octanol–water partition coefficient (Wildman–Crippen LogP) is -0.511. The fraction of sp³-hybridized carbons (Fsp3) is 0.750. The summed E-state index contributed by atoms with van der Waals surface area (Å²) in [5.41, 5.74) is 0. The summed E-state index contributed by atoms with van der Waals surface area (Å²) in [6, 6.07) is 0. The molecule has 0 saturated carbocycles. The predicted molar refractivity (Wildman–Crippen MR) is 54.5 cm³/mol. The molecule has 0 aliphatic carbocycles. The second kappa shape index (κ2) is 6.94. The molecule has 0 fully saturated rings.